The summed E-state index contributed by atoms with van der Waals surface area (Å²) in [7, 11) is 0. The van der Waals surface area contributed by atoms with Crippen LogP contribution in [-0.4, -0.2) is 16.4 Å². The van der Waals surface area contributed by atoms with Crippen molar-refractivity contribution in [1.29, 1.82) is 0 Å². The number of H-pyrrole nitrogens is 1. The maximum absolute atomic E-state index is 12.6. The molecule has 0 atom stereocenters. The van der Waals surface area contributed by atoms with E-state index >= 15 is 0 Å². The number of aromatic nitrogens is 1. The Morgan fingerprint density at radius 3 is 2.71 bits per heavy atom. The van der Waals surface area contributed by atoms with Crippen molar-refractivity contribution in [3.05, 3.63) is 65.9 Å². The number of hydrogen-bond donors (Lipinski definition) is 2. The highest BCUT2D eigenvalue weighted by Crippen LogP contribution is 2.38. The van der Waals surface area contributed by atoms with Crippen LogP contribution in [-0.2, 0) is 6.54 Å². The van der Waals surface area contributed by atoms with E-state index in [0.29, 0.717) is 0 Å². The summed E-state index contributed by atoms with van der Waals surface area (Å²) in [6.45, 7) is 0.241. The van der Waals surface area contributed by atoms with E-state index < -0.39 is 11.4 Å². The van der Waals surface area contributed by atoms with Crippen molar-refractivity contribution in [1.82, 2.24) is 10.3 Å². The molecular formula is C17H13F3N2OS. The number of alkyl halides is 3. The van der Waals surface area contributed by atoms with Crippen LogP contribution in [0, 0.1) is 0 Å². The molecule has 124 valence electrons. The molecule has 2 N–H and O–H groups in total. The van der Waals surface area contributed by atoms with E-state index in [1.807, 2.05) is 30.5 Å². The maximum atomic E-state index is 12.6. The number of fused-ring (bicyclic) bond motifs is 1. The molecule has 0 unspecified atom stereocenters. The first-order valence-electron chi connectivity index (χ1n) is 7.11. The lowest BCUT2D eigenvalue weighted by Crippen LogP contribution is -2.23. The van der Waals surface area contributed by atoms with Gasteiger partial charge in [-0.05, 0) is 53.0 Å². The summed E-state index contributed by atoms with van der Waals surface area (Å²) in [5.41, 5.74) is -2.56. The average molecular weight is 350 g/mol. The topological polar surface area (TPSA) is 44.9 Å². The zero-order chi connectivity index (χ0) is 17.2. The van der Waals surface area contributed by atoms with Crippen LogP contribution in [0.2, 0.25) is 0 Å². The molecule has 0 radical (unpaired) electrons. The molecule has 24 heavy (non-hydrogen) atoms. The van der Waals surface area contributed by atoms with Crippen LogP contribution in [0.1, 0.15) is 15.9 Å². The number of aromatic amines is 1. The van der Waals surface area contributed by atoms with E-state index in [-0.39, 0.29) is 28.8 Å². The second-order valence-electron chi connectivity index (χ2n) is 5.13. The molecule has 1 amide bonds. The Morgan fingerprint density at radius 2 is 1.92 bits per heavy atom. The van der Waals surface area contributed by atoms with Gasteiger partial charge in [-0.15, -0.1) is 0 Å². The minimum Gasteiger partial charge on any atom is -0.361 e. The van der Waals surface area contributed by atoms with Crippen LogP contribution in [0.15, 0.2) is 59.6 Å². The van der Waals surface area contributed by atoms with E-state index in [2.05, 4.69) is 10.3 Å². The van der Waals surface area contributed by atoms with Crippen LogP contribution in [0.5, 0.6) is 0 Å². The molecule has 2 aromatic carbocycles. The van der Waals surface area contributed by atoms with Crippen molar-refractivity contribution >= 4 is 28.6 Å². The number of amides is 1. The molecule has 0 aliphatic carbocycles. The SMILES string of the molecule is O=C(NCc1ccc2[nH]ccc2c1)c1ccccc1SC(F)(F)F. The van der Waals surface area contributed by atoms with Gasteiger partial charge < -0.3 is 10.3 Å². The number of hydrogen-bond acceptors (Lipinski definition) is 2. The number of carbonyl (C=O) groups is 1. The highest BCUT2D eigenvalue weighted by Gasteiger charge is 2.31. The van der Waals surface area contributed by atoms with Crippen molar-refractivity contribution < 1.29 is 18.0 Å². The highest BCUT2D eigenvalue weighted by atomic mass is 32.2. The minimum atomic E-state index is -4.43. The monoisotopic (exact) mass is 350 g/mol. The van der Waals surface area contributed by atoms with Gasteiger partial charge in [-0.25, -0.2) is 0 Å². The van der Waals surface area contributed by atoms with Crippen molar-refractivity contribution in [2.24, 2.45) is 0 Å². The van der Waals surface area contributed by atoms with Crippen LogP contribution in [0.3, 0.4) is 0 Å². The van der Waals surface area contributed by atoms with Crippen molar-refractivity contribution in [3.63, 3.8) is 0 Å². The largest absolute Gasteiger partial charge is 0.446 e. The standard InChI is InChI=1S/C17H13F3N2OS/c18-17(19,20)24-15-4-2-1-3-13(15)16(23)22-10-11-5-6-14-12(9-11)7-8-21-14/h1-9,21H,10H2,(H,22,23). The minimum absolute atomic E-state index is 0.0162. The van der Waals surface area contributed by atoms with Gasteiger partial charge >= 0.3 is 5.51 Å². The van der Waals surface area contributed by atoms with Gasteiger partial charge in [0.15, 0.2) is 0 Å². The van der Waals surface area contributed by atoms with Crippen LogP contribution in [0.25, 0.3) is 10.9 Å². The predicted octanol–water partition coefficient (Wildman–Crippen LogP) is 4.71. The van der Waals surface area contributed by atoms with E-state index in [9.17, 15) is 18.0 Å². The zero-order valence-electron chi connectivity index (χ0n) is 12.4. The lowest BCUT2D eigenvalue weighted by Gasteiger charge is -2.11. The summed E-state index contributed by atoms with van der Waals surface area (Å²) >= 11 is -0.285. The van der Waals surface area contributed by atoms with Crippen LogP contribution < -0.4 is 5.32 Å². The quantitative estimate of drug-likeness (QED) is 0.670. The van der Waals surface area contributed by atoms with E-state index in [1.165, 1.54) is 18.2 Å². The van der Waals surface area contributed by atoms with Gasteiger partial charge in [-0.3, -0.25) is 4.79 Å². The Balaban J connectivity index is 1.73. The fraction of sp³-hybridized carbons (Fsp3) is 0.118. The van der Waals surface area contributed by atoms with Crippen molar-refractivity contribution in [2.45, 2.75) is 16.9 Å². The molecule has 1 aromatic heterocycles. The maximum Gasteiger partial charge on any atom is 0.446 e. The predicted molar refractivity (Wildman–Crippen MR) is 87.8 cm³/mol. The number of thioether (sulfide) groups is 1. The van der Waals surface area contributed by atoms with Gasteiger partial charge in [-0.2, -0.15) is 13.2 Å². The van der Waals surface area contributed by atoms with Crippen molar-refractivity contribution in [3.8, 4) is 0 Å². The number of rotatable bonds is 4. The smallest absolute Gasteiger partial charge is 0.361 e. The van der Waals surface area contributed by atoms with Gasteiger partial charge in [0.05, 0.1) is 5.56 Å². The summed E-state index contributed by atoms with van der Waals surface area (Å²) in [5, 5.41) is 3.68. The first-order chi connectivity index (χ1) is 11.4. The fourth-order valence-electron chi connectivity index (χ4n) is 2.36. The third kappa shape index (κ3) is 3.91. The molecule has 3 nitrogen and oxygen atoms in total. The van der Waals surface area contributed by atoms with Gasteiger partial charge in [0, 0.05) is 23.2 Å². The summed E-state index contributed by atoms with van der Waals surface area (Å²) in [4.78, 5) is 15.2. The average Bonchev–Trinajstić information content (AvgIpc) is 2.99. The summed E-state index contributed by atoms with van der Waals surface area (Å²) in [5.74, 6) is -0.531. The molecule has 3 aromatic rings. The molecule has 0 saturated heterocycles. The summed E-state index contributed by atoms with van der Waals surface area (Å²) < 4.78 is 37.7. The van der Waals surface area contributed by atoms with Gasteiger partial charge in [0.1, 0.15) is 0 Å². The fourth-order valence-corrected chi connectivity index (χ4v) is 3.02. The van der Waals surface area contributed by atoms with Gasteiger partial charge in [0.2, 0.25) is 0 Å². The van der Waals surface area contributed by atoms with Gasteiger partial charge in [-0.1, -0.05) is 18.2 Å². The summed E-state index contributed by atoms with van der Waals surface area (Å²) in [6, 6.07) is 13.3. The zero-order valence-corrected chi connectivity index (χ0v) is 13.2. The summed E-state index contributed by atoms with van der Waals surface area (Å²) in [6.07, 6.45) is 1.82. The third-order valence-corrected chi connectivity index (χ3v) is 4.24. The second kappa shape index (κ2) is 6.60. The van der Waals surface area contributed by atoms with Gasteiger partial charge in [0.25, 0.3) is 5.91 Å². The second-order valence-corrected chi connectivity index (χ2v) is 6.23. The van der Waals surface area contributed by atoms with E-state index in [0.717, 1.165) is 16.5 Å². The Morgan fingerprint density at radius 1 is 1.12 bits per heavy atom. The molecule has 0 bridgehead atoms. The molecule has 0 aliphatic heterocycles. The van der Waals surface area contributed by atoms with E-state index in [1.54, 1.807) is 6.07 Å². The molecule has 7 heteroatoms. The lowest BCUT2D eigenvalue weighted by molar-refractivity contribution is -0.0328. The normalized spacial score (nSPS) is 11.6. The Bertz CT molecular complexity index is 873. The lowest BCUT2D eigenvalue weighted by atomic mass is 10.1. The first-order valence-corrected chi connectivity index (χ1v) is 7.93. The Hall–Kier alpha value is -2.41. The molecule has 0 fully saturated rings. The third-order valence-electron chi connectivity index (χ3n) is 3.43. The molecule has 0 spiro atoms. The molecular weight excluding hydrogens is 337 g/mol. The first kappa shape index (κ1) is 16.4. The number of halogens is 3. The number of nitrogens with one attached hydrogen (secondary N) is 2. The Kier molecular flexibility index (Phi) is 4.53. The van der Waals surface area contributed by atoms with Crippen LogP contribution >= 0.6 is 11.8 Å². The molecule has 1 heterocycles. The Labute approximate surface area is 140 Å². The van der Waals surface area contributed by atoms with Crippen molar-refractivity contribution in [2.75, 3.05) is 0 Å². The number of carbonyl (C=O) groups excluding carboxylic acids is 1. The van der Waals surface area contributed by atoms with E-state index in [4.69, 9.17) is 0 Å². The number of benzene rings is 2. The molecule has 3 rings (SSSR count). The van der Waals surface area contributed by atoms with Crippen LogP contribution in [0.4, 0.5) is 13.2 Å². The molecule has 0 aliphatic rings. The highest BCUT2D eigenvalue weighted by molar-refractivity contribution is 8.00. The molecule has 0 saturated carbocycles.